The van der Waals surface area contributed by atoms with E-state index >= 15 is 0 Å². The highest BCUT2D eigenvalue weighted by atomic mass is 35.5. The molecule has 0 atom stereocenters. The van der Waals surface area contributed by atoms with E-state index in [1.54, 1.807) is 7.11 Å². The molecule has 0 aliphatic heterocycles. The molecule has 0 unspecified atom stereocenters. The molecule has 8 heavy (non-hydrogen) atoms. The van der Waals surface area contributed by atoms with Gasteiger partial charge in [0.15, 0.2) is 6.79 Å². The van der Waals surface area contributed by atoms with Gasteiger partial charge in [-0.25, -0.2) is 0 Å². The van der Waals surface area contributed by atoms with Crippen molar-refractivity contribution in [1.29, 1.82) is 0 Å². The van der Waals surface area contributed by atoms with Gasteiger partial charge in [0.25, 0.3) is 0 Å². The summed E-state index contributed by atoms with van der Waals surface area (Å²) in [6, 6.07) is 0. The van der Waals surface area contributed by atoms with E-state index in [9.17, 15) is 0 Å². The highest BCUT2D eigenvalue weighted by molar-refractivity contribution is 6.07. The molecule has 0 amide bonds. The van der Waals surface area contributed by atoms with Crippen LogP contribution in [0.4, 0.5) is 0 Å². The summed E-state index contributed by atoms with van der Waals surface area (Å²) in [4.78, 5) is 0. The Hall–Kier alpha value is 0.170. The minimum Gasteiger partial charge on any atom is -0.382 e. The quantitative estimate of drug-likeness (QED) is 0.417. The van der Waals surface area contributed by atoms with Gasteiger partial charge >= 0.3 is 0 Å². The van der Waals surface area contributed by atoms with E-state index in [0.29, 0.717) is 13.2 Å². The van der Waals surface area contributed by atoms with Crippen LogP contribution in [0.25, 0.3) is 0 Å². The topological polar surface area (TPSA) is 27.7 Å². The monoisotopic (exact) mass is 140 g/mol. The Morgan fingerprint density at radius 2 is 2.12 bits per heavy atom. The summed E-state index contributed by atoms with van der Waals surface area (Å²) in [5.74, 6) is 0. The summed E-state index contributed by atoms with van der Waals surface area (Å²) in [7, 11) is 1.60. The third kappa shape index (κ3) is 6.17. The van der Waals surface area contributed by atoms with Crippen LogP contribution in [-0.2, 0) is 13.8 Å². The van der Waals surface area contributed by atoms with Crippen LogP contribution in [0.2, 0.25) is 0 Å². The molecule has 3 nitrogen and oxygen atoms in total. The molecule has 0 spiro atoms. The minimum atomic E-state index is 0.116. The largest absolute Gasteiger partial charge is 0.382 e. The second-order valence-corrected chi connectivity index (χ2v) is 1.35. The summed E-state index contributed by atoms with van der Waals surface area (Å²) in [6.45, 7) is 1.20. The van der Waals surface area contributed by atoms with Crippen LogP contribution in [0.3, 0.4) is 0 Å². The van der Waals surface area contributed by atoms with Crippen molar-refractivity contribution in [1.82, 2.24) is 0 Å². The first kappa shape index (κ1) is 8.17. The SMILES string of the molecule is COCCOCOCl. The molecule has 0 aliphatic rings. The standard InChI is InChI=1S/C4H9ClO3/c1-6-2-3-7-4-8-5/h2-4H2,1H3. The van der Waals surface area contributed by atoms with Gasteiger partial charge in [0, 0.05) is 7.11 Å². The van der Waals surface area contributed by atoms with E-state index < -0.39 is 0 Å². The number of halogens is 1. The molecule has 0 fully saturated rings. The molecule has 0 heterocycles. The molecule has 0 radical (unpaired) electrons. The average Bonchev–Trinajstić information content (AvgIpc) is 1.81. The third-order valence-electron chi connectivity index (χ3n) is 0.560. The van der Waals surface area contributed by atoms with Gasteiger partial charge in [-0.15, -0.1) is 0 Å². The van der Waals surface area contributed by atoms with E-state index in [1.165, 1.54) is 0 Å². The highest BCUT2D eigenvalue weighted by Crippen LogP contribution is 1.80. The second-order valence-electron chi connectivity index (χ2n) is 1.13. The van der Waals surface area contributed by atoms with Crippen molar-refractivity contribution >= 4 is 11.9 Å². The van der Waals surface area contributed by atoms with Crippen LogP contribution < -0.4 is 0 Å². The first-order chi connectivity index (χ1) is 3.91. The van der Waals surface area contributed by atoms with Gasteiger partial charge < -0.3 is 9.47 Å². The van der Waals surface area contributed by atoms with Crippen LogP contribution in [0, 0.1) is 0 Å². The Balaban J connectivity index is 2.53. The molecule has 0 aromatic heterocycles. The number of methoxy groups -OCH3 is 1. The van der Waals surface area contributed by atoms with Crippen molar-refractivity contribution in [2.45, 2.75) is 0 Å². The molecule has 0 rings (SSSR count). The number of hydrogen-bond donors (Lipinski definition) is 0. The predicted octanol–water partition coefficient (Wildman–Crippen LogP) is 0.777. The number of rotatable bonds is 5. The van der Waals surface area contributed by atoms with Crippen LogP contribution in [-0.4, -0.2) is 27.1 Å². The van der Waals surface area contributed by atoms with Gasteiger partial charge in [0.1, 0.15) is 0 Å². The van der Waals surface area contributed by atoms with Gasteiger partial charge in [-0.1, -0.05) is 0 Å². The summed E-state index contributed by atoms with van der Waals surface area (Å²) in [5, 5.41) is 0. The Morgan fingerprint density at radius 1 is 1.38 bits per heavy atom. The predicted molar refractivity (Wildman–Crippen MR) is 29.6 cm³/mol. The average molecular weight is 141 g/mol. The van der Waals surface area contributed by atoms with Crippen molar-refractivity contribution in [3.05, 3.63) is 0 Å². The van der Waals surface area contributed by atoms with Crippen molar-refractivity contribution in [2.75, 3.05) is 27.1 Å². The molecule has 4 heteroatoms. The molecule has 0 aromatic rings. The first-order valence-electron chi connectivity index (χ1n) is 2.22. The fourth-order valence-corrected chi connectivity index (χ4v) is 0.296. The van der Waals surface area contributed by atoms with Crippen molar-refractivity contribution < 1.29 is 13.8 Å². The van der Waals surface area contributed by atoms with Crippen LogP contribution in [0.1, 0.15) is 0 Å². The molecule has 0 saturated carbocycles. The van der Waals surface area contributed by atoms with Crippen LogP contribution in [0.5, 0.6) is 0 Å². The van der Waals surface area contributed by atoms with Gasteiger partial charge in [-0.05, 0) is 0 Å². The summed E-state index contributed by atoms with van der Waals surface area (Å²) < 4.78 is 13.5. The fraction of sp³-hybridized carbons (Fsp3) is 1.00. The lowest BCUT2D eigenvalue weighted by Crippen LogP contribution is -2.02. The van der Waals surface area contributed by atoms with E-state index in [4.69, 9.17) is 16.6 Å². The van der Waals surface area contributed by atoms with E-state index in [1.807, 2.05) is 0 Å². The second kappa shape index (κ2) is 7.17. The lowest BCUT2D eigenvalue weighted by molar-refractivity contribution is -0.00431. The molecule has 0 bridgehead atoms. The van der Waals surface area contributed by atoms with Crippen molar-refractivity contribution in [3.63, 3.8) is 0 Å². The summed E-state index contributed by atoms with van der Waals surface area (Å²) in [5.41, 5.74) is 0. The fourth-order valence-electron chi connectivity index (χ4n) is 0.233. The maximum atomic E-state index is 4.81. The van der Waals surface area contributed by atoms with Gasteiger partial charge in [-0.3, -0.25) is 4.29 Å². The van der Waals surface area contributed by atoms with Crippen molar-refractivity contribution in [3.8, 4) is 0 Å². The zero-order valence-corrected chi connectivity index (χ0v) is 5.48. The van der Waals surface area contributed by atoms with E-state index in [0.717, 1.165) is 0 Å². The molecule has 0 aromatic carbocycles. The molecule has 50 valence electrons. The van der Waals surface area contributed by atoms with Gasteiger partial charge in [0.05, 0.1) is 25.1 Å². The van der Waals surface area contributed by atoms with Gasteiger partial charge in [-0.2, -0.15) is 0 Å². The highest BCUT2D eigenvalue weighted by Gasteiger charge is 1.82. The van der Waals surface area contributed by atoms with Crippen LogP contribution >= 0.6 is 11.9 Å². The maximum absolute atomic E-state index is 4.81. The zero-order chi connectivity index (χ0) is 6.24. The molecular weight excluding hydrogens is 131 g/mol. The van der Waals surface area contributed by atoms with Crippen LogP contribution in [0.15, 0.2) is 0 Å². The smallest absolute Gasteiger partial charge is 0.167 e. The number of hydrogen-bond acceptors (Lipinski definition) is 3. The molecule has 0 saturated heterocycles. The van der Waals surface area contributed by atoms with E-state index in [2.05, 4.69) is 9.03 Å². The first-order valence-corrected chi connectivity index (χ1v) is 2.53. The minimum absolute atomic E-state index is 0.116. The number of ether oxygens (including phenoxy) is 2. The molecular formula is C4H9ClO3. The van der Waals surface area contributed by atoms with Gasteiger partial charge in [0.2, 0.25) is 0 Å². The Labute approximate surface area is 53.7 Å². The zero-order valence-electron chi connectivity index (χ0n) is 4.72. The Bertz CT molecular complexity index is 36.3. The molecule has 0 aliphatic carbocycles. The Kier molecular flexibility index (Phi) is 7.32. The lowest BCUT2D eigenvalue weighted by atomic mass is 10.8. The Morgan fingerprint density at radius 3 is 2.62 bits per heavy atom. The lowest BCUT2D eigenvalue weighted by Gasteiger charge is -1.97. The normalized spacial score (nSPS) is 9.75. The summed E-state index contributed by atoms with van der Waals surface area (Å²) >= 11 is 4.81. The van der Waals surface area contributed by atoms with E-state index in [-0.39, 0.29) is 6.79 Å². The summed E-state index contributed by atoms with van der Waals surface area (Å²) in [6.07, 6.45) is 0. The maximum Gasteiger partial charge on any atom is 0.167 e. The molecule has 0 N–H and O–H groups in total. The third-order valence-corrected chi connectivity index (χ3v) is 0.649. The van der Waals surface area contributed by atoms with Crippen molar-refractivity contribution in [2.24, 2.45) is 0 Å².